The maximum atomic E-state index is 12.7. The number of carbonyl (C=O) groups excluding carboxylic acids is 2. The Kier molecular flexibility index (Phi) is 6.81. The van der Waals surface area contributed by atoms with Gasteiger partial charge in [-0.1, -0.05) is 40.7 Å². The summed E-state index contributed by atoms with van der Waals surface area (Å²) in [5, 5.41) is 0. The lowest BCUT2D eigenvalue weighted by Gasteiger charge is -2.47. The summed E-state index contributed by atoms with van der Waals surface area (Å²) < 4.78 is 39.0. The van der Waals surface area contributed by atoms with Crippen LogP contribution in [-0.2, 0) is 33.2 Å². The summed E-state index contributed by atoms with van der Waals surface area (Å²) in [5.74, 6) is -1.23. The van der Waals surface area contributed by atoms with Crippen molar-refractivity contribution in [1.82, 2.24) is 0 Å². The molecule has 0 N–H and O–H groups in total. The summed E-state index contributed by atoms with van der Waals surface area (Å²) in [4.78, 5) is 23.8. The molecule has 6 aliphatic heterocycles. The Morgan fingerprint density at radius 1 is 1.06 bits per heavy atom. The number of hydrogen-bond acceptors (Lipinski definition) is 8. The van der Waals surface area contributed by atoms with Gasteiger partial charge in [-0.05, 0) is 35.9 Å². The lowest BCUT2D eigenvalue weighted by Crippen LogP contribution is -2.61. The number of fused-ring (bicyclic) bond motifs is 1. The first-order chi connectivity index (χ1) is 17.4. The second-order valence-corrected chi connectivity index (χ2v) is 11.5. The molecule has 1 aromatic rings. The molecule has 0 saturated carbocycles. The Morgan fingerprint density at radius 2 is 1.81 bits per heavy atom. The van der Waals surface area contributed by atoms with E-state index in [0.717, 1.165) is 23.6 Å². The zero-order valence-corrected chi connectivity index (χ0v) is 21.5. The maximum absolute atomic E-state index is 12.7. The normalized spacial score (nSPS) is 40.8. The van der Waals surface area contributed by atoms with Crippen LogP contribution in [0.4, 0.5) is 0 Å². The molecule has 6 aliphatic rings. The first-order valence-electron chi connectivity index (χ1n) is 12.8. The number of rotatable bonds is 9. The van der Waals surface area contributed by atoms with Crippen molar-refractivity contribution in [2.75, 3.05) is 0 Å². The van der Waals surface area contributed by atoms with Crippen molar-refractivity contribution in [3.05, 3.63) is 47.0 Å². The van der Waals surface area contributed by atoms with Crippen LogP contribution in [0.3, 0.4) is 0 Å². The lowest BCUT2D eigenvalue weighted by atomic mass is 9.87. The third-order valence-corrected chi connectivity index (χ3v) is 8.29. The minimum atomic E-state index is -0.867. The zero-order chi connectivity index (χ0) is 24.9. The standard InChI is InChI=1S/C27H31BrO8/c1-15(28)13-18(32-26(30)16-5-3-2-4-6-16)9-11-27-14-20-22(35-27)23-24(34-20)25(36-27)21-19(33-23)8-7-17(31-21)10-12-29/h2-6,12,17-25H,1,7-11,13-14H2/t17?,18-,19?,20?,21?,22?,23?,24?,25?,27?/m1/s1. The highest BCUT2D eigenvalue weighted by molar-refractivity contribution is 9.11. The Balaban J connectivity index is 1.18. The molecule has 0 radical (unpaired) electrons. The van der Waals surface area contributed by atoms with E-state index in [1.165, 1.54) is 0 Å². The number of ether oxygens (including phenoxy) is 6. The van der Waals surface area contributed by atoms with Crippen LogP contribution in [0, 0.1) is 0 Å². The van der Waals surface area contributed by atoms with Gasteiger partial charge in [-0.3, -0.25) is 0 Å². The van der Waals surface area contributed by atoms with Crippen LogP contribution in [0.15, 0.2) is 41.4 Å². The minimum Gasteiger partial charge on any atom is -0.458 e. The van der Waals surface area contributed by atoms with E-state index < -0.39 is 11.9 Å². The number of halogens is 1. The van der Waals surface area contributed by atoms with Gasteiger partial charge in [0.25, 0.3) is 0 Å². The molecule has 0 aliphatic carbocycles. The Hall–Kier alpha value is -1.62. The van der Waals surface area contributed by atoms with Gasteiger partial charge in [-0.15, -0.1) is 0 Å². The molecule has 6 fully saturated rings. The molecular formula is C27H31BrO8. The van der Waals surface area contributed by atoms with Crippen molar-refractivity contribution in [3.8, 4) is 0 Å². The highest BCUT2D eigenvalue weighted by Gasteiger charge is 2.68. The number of esters is 1. The molecule has 0 spiro atoms. The third-order valence-electron chi connectivity index (χ3n) is 7.97. The fourth-order valence-electron chi connectivity index (χ4n) is 6.38. The number of benzene rings is 1. The van der Waals surface area contributed by atoms with Crippen molar-refractivity contribution in [1.29, 1.82) is 0 Å². The van der Waals surface area contributed by atoms with Crippen molar-refractivity contribution < 1.29 is 38.0 Å². The smallest absolute Gasteiger partial charge is 0.338 e. The second kappa shape index (κ2) is 9.93. The molecule has 1 aromatic carbocycles. The highest BCUT2D eigenvalue weighted by Crippen LogP contribution is 2.54. The summed E-state index contributed by atoms with van der Waals surface area (Å²) in [6, 6.07) is 8.96. The van der Waals surface area contributed by atoms with Crippen LogP contribution >= 0.6 is 15.9 Å². The van der Waals surface area contributed by atoms with Crippen LogP contribution in [0.1, 0.15) is 55.3 Å². The predicted octanol–water partition coefficient (Wildman–Crippen LogP) is 3.85. The van der Waals surface area contributed by atoms with Crippen LogP contribution in [0.2, 0.25) is 0 Å². The summed E-state index contributed by atoms with van der Waals surface area (Å²) in [6.45, 7) is 3.94. The third kappa shape index (κ3) is 4.59. The zero-order valence-electron chi connectivity index (χ0n) is 20.0. The molecule has 194 valence electrons. The molecule has 6 bridgehead atoms. The molecule has 7 rings (SSSR count). The Bertz CT molecular complexity index is 1000. The highest BCUT2D eigenvalue weighted by atomic mass is 79.9. The molecule has 8 nitrogen and oxygen atoms in total. The summed E-state index contributed by atoms with van der Waals surface area (Å²) in [7, 11) is 0. The first kappa shape index (κ1) is 24.7. The number of hydrogen-bond donors (Lipinski definition) is 0. The summed E-state index contributed by atoms with van der Waals surface area (Å²) >= 11 is 3.42. The van der Waals surface area contributed by atoms with E-state index in [0.29, 0.717) is 37.7 Å². The van der Waals surface area contributed by atoms with E-state index >= 15 is 0 Å². The molecule has 0 amide bonds. The first-order valence-corrected chi connectivity index (χ1v) is 13.6. The lowest BCUT2D eigenvalue weighted by molar-refractivity contribution is -0.292. The molecule has 6 heterocycles. The fourth-order valence-corrected chi connectivity index (χ4v) is 6.74. The van der Waals surface area contributed by atoms with Gasteiger partial charge in [0.2, 0.25) is 0 Å². The van der Waals surface area contributed by atoms with E-state index in [-0.39, 0.29) is 54.8 Å². The van der Waals surface area contributed by atoms with Gasteiger partial charge in [0.15, 0.2) is 5.79 Å². The summed E-state index contributed by atoms with van der Waals surface area (Å²) in [6.07, 6.45) is 3.01. The number of aldehydes is 1. The van der Waals surface area contributed by atoms with E-state index in [4.69, 9.17) is 28.4 Å². The van der Waals surface area contributed by atoms with Gasteiger partial charge in [0.1, 0.15) is 42.9 Å². The molecule has 10 atom stereocenters. The maximum Gasteiger partial charge on any atom is 0.338 e. The van der Waals surface area contributed by atoms with E-state index in [1.54, 1.807) is 12.1 Å². The predicted molar refractivity (Wildman–Crippen MR) is 131 cm³/mol. The molecule has 6 saturated heterocycles. The Labute approximate surface area is 218 Å². The minimum absolute atomic E-state index is 0.0993. The van der Waals surface area contributed by atoms with Gasteiger partial charge in [-0.2, -0.15) is 0 Å². The molecular weight excluding hydrogens is 532 g/mol. The van der Waals surface area contributed by atoms with E-state index in [1.807, 2.05) is 18.2 Å². The molecule has 36 heavy (non-hydrogen) atoms. The number of carbonyl (C=O) groups is 2. The second-order valence-electron chi connectivity index (χ2n) is 10.4. The molecule has 0 aromatic heterocycles. The quantitative estimate of drug-likeness (QED) is 0.331. The molecule has 9 unspecified atom stereocenters. The average molecular weight is 563 g/mol. The van der Waals surface area contributed by atoms with Gasteiger partial charge < -0.3 is 33.2 Å². The Morgan fingerprint density at radius 3 is 2.58 bits per heavy atom. The van der Waals surface area contributed by atoms with Crippen LogP contribution in [0.25, 0.3) is 0 Å². The van der Waals surface area contributed by atoms with Gasteiger partial charge >= 0.3 is 5.97 Å². The van der Waals surface area contributed by atoms with E-state index in [2.05, 4.69) is 22.5 Å². The topological polar surface area (TPSA) is 89.5 Å². The van der Waals surface area contributed by atoms with Crippen LogP contribution in [-0.4, -0.2) is 73.0 Å². The largest absolute Gasteiger partial charge is 0.458 e. The van der Waals surface area contributed by atoms with Crippen LogP contribution < -0.4 is 0 Å². The van der Waals surface area contributed by atoms with Crippen molar-refractivity contribution in [2.45, 2.75) is 106 Å². The van der Waals surface area contributed by atoms with Crippen LogP contribution in [0.5, 0.6) is 0 Å². The average Bonchev–Trinajstić information content (AvgIpc) is 3.28. The van der Waals surface area contributed by atoms with Crippen molar-refractivity contribution >= 4 is 28.2 Å². The molecule has 9 heteroatoms. The fraction of sp³-hybridized carbons (Fsp3) is 0.630. The summed E-state index contributed by atoms with van der Waals surface area (Å²) in [5.41, 5.74) is 0.509. The SMILES string of the molecule is C=C(Br)C[C@@H](CCC12CC3OC4C(OC5CCC(CC=O)OC5C4O1)C3O2)OC(=O)c1ccccc1. The van der Waals surface area contributed by atoms with Gasteiger partial charge in [0, 0.05) is 25.7 Å². The van der Waals surface area contributed by atoms with Gasteiger partial charge in [0.05, 0.1) is 23.9 Å². The van der Waals surface area contributed by atoms with Gasteiger partial charge in [-0.25, -0.2) is 4.79 Å². The van der Waals surface area contributed by atoms with E-state index in [9.17, 15) is 9.59 Å². The monoisotopic (exact) mass is 562 g/mol. The van der Waals surface area contributed by atoms with Crippen molar-refractivity contribution in [2.24, 2.45) is 0 Å². The van der Waals surface area contributed by atoms with Crippen molar-refractivity contribution in [3.63, 3.8) is 0 Å².